The second-order valence-electron chi connectivity index (χ2n) is 7.22. The fourth-order valence-electron chi connectivity index (χ4n) is 2.35. The van der Waals surface area contributed by atoms with Gasteiger partial charge in [-0.15, -0.1) is 0 Å². The first-order valence-electron chi connectivity index (χ1n) is 7.37. The summed E-state index contributed by atoms with van der Waals surface area (Å²) in [6.45, 7) is 13.7. The van der Waals surface area contributed by atoms with Gasteiger partial charge in [-0.3, -0.25) is 4.79 Å². The van der Waals surface area contributed by atoms with Crippen LogP contribution in [-0.4, -0.2) is 53.3 Å². The zero-order valence-corrected chi connectivity index (χ0v) is 14.1. The number of rotatable bonds is 2. The Morgan fingerprint density at radius 1 is 1.10 bits per heavy atom. The van der Waals surface area contributed by atoms with E-state index >= 15 is 0 Å². The summed E-state index contributed by atoms with van der Waals surface area (Å²) in [6, 6.07) is 0. The summed E-state index contributed by atoms with van der Waals surface area (Å²) in [4.78, 5) is 26.2. The smallest absolute Gasteiger partial charge is 0.408 e. The van der Waals surface area contributed by atoms with Gasteiger partial charge >= 0.3 is 6.09 Å². The van der Waals surface area contributed by atoms with Crippen LogP contribution >= 0.6 is 0 Å². The van der Waals surface area contributed by atoms with Gasteiger partial charge in [0.25, 0.3) is 0 Å². The van der Waals surface area contributed by atoms with E-state index in [9.17, 15) is 9.59 Å². The molecule has 0 spiro atoms. The molecule has 0 bridgehead atoms. The number of alkyl carbamates (subject to hydrolysis) is 1. The molecule has 0 aromatic rings. The Morgan fingerprint density at radius 3 is 2.00 bits per heavy atom. The first-order valence-corrected chi connectivity index (χ1v) is 7.37. The molecule has 21 heavy (non-hydrogen) atoms. The number of carbonyl (C=O) groups is 2. The lowest BCUT2D eigenvalue weighted by Crippen LogP contribution is -2.60. The van der Waals surface area contributed by atoms with Crippen LogP contribution in [0.25, 0.3) is 0 Å². The largest absolute Gasteiger partial charge is 0.444 e. The predicted octanol–water partition coefficient (Wildman–Crippen LogP) is 1.93. The predicted molar refractivity (Wildman–Crippen MR) is 80.0 cm³/mol. The van der Waals surface area contributed by atoms with E-state index in [0.29, 0.717) is 13.1 Å². The van der Waals surface area contributed by atoms with E-state index in [-0.39, 0.29) is 18.1 Å². The van der Waals surface area contributed by atoms with E-state index < -0.39 is 17.2 Å². The molecule has 6 nitrogen and oxygen atoms in total. The molecule has 1 fully saturated rings. The van der Waals surface area contributed by atoms with Crippen LogP contribution in [0.5, 0.6) is 0 Å². The summed E-state index contributed by atoms with van der Waals surface area (Å²) in [5, 5.41) is 2.65. The lowest BCUT2D eigenvalue weighted by atomic mass is 10.0. The van der Waals surface area contributed by atoms with Crippen molar-refractivity contribution in [2.45, 2.75) is 71.8 Å². The van der Waals surface area contributed by atoms with Crippen LogP contribution in [0, 0.1) is 0 Å². The maximum atomic E-state index is 12.6. The maximum Gasteiger partial charge on any atom is 0.408 e. The molecule has 0 unspecified atom stereocenters. The Morgan fingerprint density at radius 2 is 1.57 bits per heavy atom. The summed E-state index contributed by atoms with van der Waals surface area (Å²) >= 11 is 0. The van der Waals surface area contributed by atoms with Crippen molar-refractivity contribution in [3.05, 3.63) is 0 Å². The molecular weight excluding hydrogens is 272 g/mol. The van der Waals surface area contributed by atoms with Gasteiger partial charge in [0.2, 0.25) is 5.91 Å². The van der Waals surface area contributed by atoms with Gasteiger partial charge in [-0.05, 0) is 48.5 Å². The molecule has 0 radical (unpaired) electrons. The van der Waals surface area contributed by atoms with Crippen LogP contribution in [0.1, 0.15) is 48.5 Å². The van der Waals surface area contributed by atoms with E-state index in [0.717, 1.165) is 0 Å². The highest BCUT2D eigenvalue weighted by Crippen LogP contribution is 2.17. The minimum Gasteiger partial charge on any atom is -0.444 e. The summed E-state index contributed by atoms with van der Waals surface area (Å²) < 4.78 is 10.8. The number of carbonyl (C=O) groups excluding carboxylic acids is 2. The highest BCUT2D eigenvalue weighted by Gasteiger charge is 2.37. The fraction of sp³-hybridized carbons (Fsp3) is 0.867. The summed E-state index contributed by atoms with van der Waals surface area (Å²) in [5.41, 5.74) is -1.61. The Kier molecular flexibility index (Phi) is 5.25. The highest BCUT2D eigenvalue weighted by atomic mass is 16.6. The third-order valence-electron chi connectivity index (χ3n) is 3.05. The van der Waals surface area contributed by atoms with Crippen molar-refractivity contribution in [3.8, 4) is 0 Å². The van der Waals surface area contributed by atoms with Gasteiger partial charge < -0.3 is 19.7 Å². The molecule has 6 heteroatoms. The number of amides is 2. The number of nitrogens with zero attached hydrogens (tertiary/aromatic N) is 1. The summed E-state index contributed by atoms with van der Waals surface area (Å²) in [5.74, 6) is -0.129. The van der Waals surface area contributed by atoms with Gasteiger partial charge in [0.1, 0.15) is 11.1 Å². The lowest BCUT2D eigenvalue weighted by molar-refractivity contribution is -0.148. The van der Waals surface area contributed by atoms with E-state index in [2.05, 4.69) is 5.32 Å². The molecule has 1 rings (SSSR count). The molecule has 0 aliphatic carbocycles. The molecule has 122 valence electrons. The SMILES string of the molecule is C[C@@H]1CN(C(=O)C(C)(C)NC(=O)OC(C)(C)C)C[C@H](C)O1. The van der Waals surface area contributed by atoms with Crippen molar-refractivity contribution >= 4 is 12.0 Å². The molecule has 0 aromatic heterocycles. The van der Waals surface area contributed by atoms with Gasteiger partial charge in [-0.1, -0.05) is 0 Å². The Labute approximate surface area is 127 Å². The van der Waals surface area contributed by atoms with Gasteiger partial charge in [-0.25, -0.2) is 4.79 Å². The first kappa shape index (κ1) is 17.8. The molecule has 1 heterocycles. The second-order valence-corrected chi connectivity index (χ2v) is 7.22. The van der Waals surface area contributed by atoms with E-state index in [4.69, 9.17) is 9.47 Å². The molecular formula is C15H28N2O4. The van der Waals surface area contributed by atoms with Crippen LogP contribution in [-0.2, 0) is 14.3 Å². The number of morpholine rings is 1. The highest BCUT2D eigenvalue weighted by molar-refractivity contribution is 5.89. The molecule has 1 aliphatic rings. The lowest BCUT2D eigenvalue weighted by Gasteiger charge is -2.39. The Hall–Kier alpha value is -1.30. The molecule has 2 amide bonds. The van der Waals surface area contributed by atoms with Crippen molar-refractivity contribution in [2.24, 2.45) is 0 Å². The van der Waals surface area contributed by atoms with Gasteiger partial charge in [0.05, 0.1) is 12.2 Å². The Balaban J connectivity index is 2.68. The molecule has 1 aliphatic heterocycles. The van der Waals surface area contributed by atoms with Crippen molar-refractivity contribution in [3.63, 3.8) is 0 Å². The third kappa shape index (κ3) is 5.53. The normalized spacial score (nSPS) is 23.7. The monoisotopic (exact) mass is 300 g/mol. The van der Waals surface area contributed by atoms with Gasteiger partial charge in [-0.2, -0.15) is 0 Å². The molecule has 0 aromatic carbocycles. The average Bonchev–Trinajstić information content (AvgIpc) is 2.22. The minimum absolute atomic E-state index is 0.00460. The maximum absolute atomic E-state index is 12.6. The van der Waals surface area contributed by atoms with E-state index in [1.54, 1.807) is 39.5 Å². The zero-order valence-electron chi connectivity index (χ0n) is 14.1. The van der Waals surface area contributed by atoms with Crippen molar-refractivity contribution in [2.75, 3.05) is 13.1 Å². The van der Waals surface area contributed by atoms with Crippen molar-refractivity contribution < 1.29 is 19.1 Å². The van der Waals surface area contributed by atoms with E-state index in [1.807, 2.05) is 13.8 Å². The quantitative estimate of drug-likeness (QED) is 0.846. The van der Waals surface area contributed by atoms with Crippen LogP contribution in [0.3, 0.4) is 0 Å². The summed E-state index contributed by atoms with van der Waals surface area (Å²) in [6.07, 6.45) is -0.597. The van der Waals surface area contributed by atoms with Gasteiger partial charge in [0.15, 0.2) is 0 Å². The second kappa shape index (κ2) is 6.22. The standard InChI is InChI=1S/C15H28N2O4/c1-10-8-17(9-11(2)20-10)12(18)15(6,7)16-13(19)21-14(3,4)5/h10-11H,8-9H2,1-7H3,(H,16,19)/t10-,11+. The van der Waals surface area contributed by atoms with Crippen LogP contribution in [0.2, 0.25) is 0 Å². The number of hydrogen-bond acceptors (Lipinski definition) is 4. The number of ether oxygens (including phenoxy) is 2. The topological polar surface area (TPSA) is 67.9 Å². The first-order chi connectivity index (χ1) is 9.40. The average molecular weight is 300 g/mol. The van der Waals surface area contributed by atoms with Crippen LogP contribution in [0.15, 0.2) is 0 Å². The minimum atomic E-state index is -1.01. The van der Waals surface area contributed by atoms with Crippen LogP contribution < -0.4 is 5.32 Å². The molecule has 0 saturated carbocycles. The summed E-state index contributed by atoms with van der Waals surface area (Å²) in [7, 11) is 0. The number of hydrogen-bond donors (Lipinski definition) is 1. The molecule has 1 saturated heterocycles. The molecule has 1 N–H and O–H groups in total. The van der Waals surface area contributed by atoms with Crippen molar-refractivity contribution in [1.82, 2.24) is 10.2 Å². The zero-order chi connectivity index (χ0) is 16.4. The molecule has 2 atom stereocenters. The van der Waals surface area contributed by atoms with Gasteiger partial charge in [0, 0.05) is 13.1 Å². The van der Waals surface area contributed by atoms with Crippen molar-refractivity contribution in [1.29, 1.82) is 0 Å². The third-order valence-corrected chi connectivity index (χ3v) is 3.05. The number of nitrogens with one attached hydrogen (secondary N) is 1. The fourth-order valence-corrected chi connectivity index (χ4v) is 2.35. The van der Waals surface area contributed by atoms with E-state index in [1.165, 1.54) is 0 Å². The Bertz CT molecular complexity index is 391. The van der Waals surface area contributed by atoms with Crippen LogP contribution in [0.4, 0.5) is 4.79 Å².